The minimum atomic E-state index is -0.0326. The van der Waals surface area contributed by atoms with Crippen molar-refractivity contribution in [1.29, 1.82) is 0 Å². The standard InChI is InChI=1S/C13H30N2O/c1-11(2)12(14)7-8-15(6)9-10-16-13(3,4)5/h11-12H,7-10,14H2,1-6H3. The lowest BCUT2D eigenvalue weighted by Crippen LogP contribution is -2.34. The normalized spacial score (nSPS) is 14.8. The van der Waals surface area contributed by atoms with E-state index in [1.54, 1.807) is 0 Å². The fourth-order valence-electron chi connectivity index (χ4n) is 1.32. The zero-order valence-electron chi connectivity index (χ0n) is 11.9. The molecule has 16 heavy (non-hydrogen) atoms. The number of nitrogens with two attached hydrogens (primary N) is 1. The molecule has 0 rings (SSSR count). The van der Waals surface area contributed by atoms with E-state index in [0.29, 0.717) is 12.0 Å². The molecule has 1 atom stereocenters. The first-order valence-electron chi connectivity index (χ1n) is 6.30. The van der Waals surface area contributed by atoms with Crippen molar-refractivity contribution < 1.29 is 4.74 Å². The van der Waals surface area contributed by atoms with Crippen molar-refractivity contribution in [1.82, 2.24) is 4.90 Å². The molecule has 0 aromatic carbocycles. The van der Waals surface area contributed by atoms with E-state index in [1.165, 1.54) is 0 Å². The first-order chi connectivity index (χ1) is 7.22. The number of likely N-dealkylation sites (N-methyl/N-ethyl adjacent to an activating group) is 1. The van der Waals surface area contributed by atoms with Crippen LogP contribution in [0.15, 0.2) is 0 Å². The Morgan fingerprint density at radius 3 is 2.19 bits per heavy atom. The van der Waals surface area contributed by atoms with Crippen LogP contribution >= 0.6 is 0 Å². The third-order valence-corrected chi connectivity index (χ3v) is 2.71. The third-order valence-electron chi connectivity index (χ3n) is 2.71. The summed E-state index contributed by atoms with van der Waals surface area (Å²) in [6, 6.07) is 0.311. The molecular weight excluding hydrogens is 200 g/mol. The van der Waals surface area contributed by atoms with Crippen molar-refractivity contribution in [2.75, 3.05) is 26.7 Å². The van der Waals surface area contributed by atoms with Gasteiger partial charge in [0.25, 0.3) is 0 Å². The van der Waals surface area contributed by atoms with Gasteiger partial charge in [0.05, 0.1) is 12.2 Å². The summed E-state index contributed by atoms with van der Waals surface area (Å²) in [5.41, 5.74) is 5.97. The molecule has 0 fully saturated rings. The lowest BCUT2D eigenvalue weighted by molar-refractivity contribution is -0.0109. The highest BCUT2D eigenvalue weighted by atomic mass is 16.5. The zero-order chi connectivity index (χ0) is 12.8. The van der Waals surface area contributed by atoms with Crippen molar-refractivity contribution in [2.45, 2.75) is 52.7 Å². The maximum atomic E-state index is 6.00. The Kier molecular flexibility index (Phi) is 7.20. The van der Waals surface area contributed by atoms with Gasteiger partial charge in [-0.15, -0.1) is 0 Å². The second-order valence-electron chi connectivity index (χ2n) is 5.96. The molecule has 98 valence electrons. The average molecular weight is 230 g/mol. The summed E-state index contributed by atoms with van der Waals surface area (Å²) in [6.45, 7) is 13.4. The lowest BCUT2D eigenvalue weighted by Gasteiger charge is -2.24. The second kappa shape index (κ2) is 7.25. The summed E-state index contributed by atoms with van der Waals surface area (Å²) in [6.07, 6.45) is 1.06. The number of nitrogens with zero attached hydrogens (tertiary/aromatic N) is 1. The molecule has 0 aliphatic heterocycles. The second-order valence-corrected chi connectivity index (χ2v) is 5.96. The molecule has 0 aromatic rings. The molecule has 3 nitrogen and oxygen atoms in total. The monoisotopic (exact) mass is 230 g/mol. The molecule has 0 heterocycles. The highest BCUT2D eigenvalue weighted by Crippen LogP contribution is 2.07. The predicted molar refractivity (Wildman–Crippen MR) is 70.6 cm³/mol. The topological polar surface area (TPSA) is 38.5 Å². The van der Waals surface area contributed by atoms with Crippen molar-refractivity contribution in [3.05, 3.63) is 0 Å². The van der Waals surface area contributed by atoms with E-state index in [9.17, 15) is 0 Å². The van der Waals surface area contributed by atoms with E-state index in [2.05, 4.69) is 46.6 Å². The van der Waals surface area contributed by atoms with Crippen molar-refractivity contribution >= 4 is 0 Å². The molecular formula is C13H30N2O. The van der Waals surface area contributed by atoms with Gasteiger partial charge in [-0.05, 0) is 46.7 Å². The number of hydrogen-bond acceptors (Lipinski definition) is 3. The maximum Gasteiger partial charge on any atom is 0.0600 e. The van der Waals surface area contributed by atoms with E-state index in [0.717, 1.165) is 26.1 Å². The van der Waals surface area contributed by atoms with Crippen LogP contribution in [-0.2, 0) is 4.74 Å². The fourth-order valence-corrected chi connectivity index (χ4v) is 1.32. The van der Waals surface area contributed by atoms with E-state index in [4.69, 9.17) is 10.5 Å². The predicted octanol–water partition coefficient (Wildman–Crippen LogP) is 2.11. The smallest absolute Gasteiger partial charge is 0.0600 e. The number of hydrogen-bond donors (Lipinski definition) is 1. The summed E-state index contributed by atoms with van der Waals surface area (Å²) in [5.74, 6) is 0.569. The van der Waals surface area contributed by atoms with Gasteiger partial charge in [0, 0.05) is 12.6 Å². The van der Waals surface area contributed by atoms with Crippen LogP contribution in [0.2, 0.25) is 0 Å². The van der Waals surface area contributed by atoms with Crippen LogP contribution in [0, 0.1) is 5.92 Å². The Bertz CT molecular complexity index is 175. The van der Waals surface area contributed by atoms with Crippen molar-refractivity contribution in [2.24, 2.45) is 11.7 Å². The molecule has 1 unspecified atom stereocenters. The molecule has 0 aliphatic carbocycles. The van der Waals surface area contributed by atoms with Crippen LogP contribution in [0.4, 0.5) is 0 Å². The van der Waals surface area contributed by atoms with E-state index in [1.807, 2.05) is 0 Å². The van der Waals surface area contributed by atoms with Crippen LogP contribution in [0.5, 0.6) is 0 Å². The minimum Gasteiger partial charge on any atom is -0.375 e. The Hall–Kier alpha value is -0.120. The van der Waals surface area contributed by atoms with E-state index >= 15 is 0 Å². The Morgan fingerprint density at radius 2 is 1.75 bits per heavy atom. The largest absolute Gasteiger partial charge is 0.375 e. The highest BCUT2D eigenvalue weighted by Gasteiger charge is 2.11. The van der Waals surface area contributed by atoms with Crippen LogP contribution in [-0.4, -0.2) is 43.3 Å². The van der Waals surface area contributed by atoms with Gasteiger partial charge in [-0.2, -0.15) is 0 Å². The molecule has 0 aliphatic rings. The SMILES string of the molecule is CC(C)C(N)CCN(C)CCOC(C)(C)C. The van der Waals surface area contributed by atoms with E-state index in [-0.39, 0.29) is 5.60 Å². The van der Waals surface area contributed by atoms with Crippen LogP contribution in [0.25, 0.3) is 0 Å². The average Bonchev–Trinajstić information content (AvgIpc) is 2.11. The number of rotatable bonds is 7. The van der Waals surface area contributed by atoms with Crippen LogP contribution < -0.4 is 5.73 Å². The molecule has 0 saturated carbocycles. The molecule has 0 saturated heterocycles. The third kappa shape index (κ3) is 9.13. The molecule has 0 bridgehead atoms. The summed E-state index contributed by atoms with van der Waals surface area (Å²) in [4.78, 5) is 2.29. The lowest BCUT2D eigenvalue weighted by atomic mass is 10.0. The van der Waals surface area contributed by atoms with E-state index < -0.39 is 0 Å². The van der Waals surface area contributed by atoms with Gasteiger partial charge in [-0.1, -0.05) is 13.8 Å². The maximum absolute atomic E-state index is 6.00. The van der Waals surface area contributed by atoms with Gasteiger partial charge in [0.15, 0.2) is 0 Å². The first kappa shape index (κ1) is 15.9. The zero-order valence-corrected chi connectivity index (χ0v) is 11.9. The van der Waals surface area contributed by atoms with Crippen LogP contribution in [0.1, 0.15) is 41.0 Å². The quantitative estimate of drug-likeness (QED) is 0.728. The minimum absolute atomic E-state index is 0.0326. The molecule has 3 heteroatoms. The first-order valence-corrected chi connectivity index (χ1v) is 6.30. The van der Waals surface area contributed by atoms with Crippen molar-refractivity contribution in [3.63, 3.8) is 0 Å². The van der Waals surface area contributed by atoms with Crippen LogP contribution in [0.3, 0.4) is 0 Å². The summed E-state index contributed by atoms with van der Waals surface area (Å²) in [5, 5.41) is 0. The summed E-state index contributed by atoms with van der Waals surface area (Å²) >= 11 is 0. The van der Waals surface area contributed by atoms with Gasteiger partial charge in [-0.3, -0.25) is 0 Å². The van der Waals surface area contributed by atoms with Gasteiger partial charge in [0.1, 0.15) is 0 Å². The fraction of sp³-hybridized carbons (Fsp3) is 1.00. The van der Waals surface area contributed by atoms with Gasteiger partial charge >= 0.3 is 0 Å². The summed E-state index contributed by atoms with van der Waals surface area (Å²) < 4.78 is 5.68. The molecule has 0 amide bonds. The van der Waals surface area contributed by atoms with Gasteiger partial charge in [-0.25, -0.2) is 0 Å². The Morgan fingerprint density at radius 1 is 1.19 bits per heavy atom. The Labute approximate surface area is 101 Å². The van der Waals surface area contributed by atoms with Gasteiger partial charge < -0.3 is 15.4 Å². The molecule has 0 aromatic heterocycles. The number of ether oxygens (including phenoxy) is 1. The van der Waals surface area contributed by atoms with Crippen molar-refractivity contribution in [3.8, 4) is 0 Å². The highest BCUT2D eigenvalue weighted by molar-refractivity contribution is 4.67. The summed E-state index contributed by atoms with van der Waals surface area (Å²) in [7, 11) is 2.12. The Balaban J connectivity index is 3.56. The van der Waals surface area contributed by atoms with Gasteiger partial charge in [0.2, 0.25) is 0 Å². The molecule has 0 spiro atoms. The molecule has 2 N–H and O–H groups in total. The molecule has 0 radical (unpaired) electrons.